The van der Waals surface area contributed by atoms with Crippen LogP contribution in [0, 0.1) is 13.8 Å². The van der Waals surface area contributed by atoms with Crippen molar-refractivity contribution in [1.29, 1.82) is 0 Å². The van der Waals surface area contributed by atoms with Gasteiger partial charge in [-0.3, -0.25) is 4.79 Å². The summed E-state index contributed by atoms with van der Waals surface area (Å²) in [5, 5.41) is 3.27. The van der Waals surface area contributed by atoms with Gasteiger partial charge in [-0.2, -0.15) is 0 Å². The lowest BCUT2D eigenvalue weighted by atomic mass is 9.99. The third-order valence-electron chi connectivity index (χ3n) is 5.13. The van der Waals surface area contributed by atoms with Gasteiger partial charge in [-0.1, -0.05) is 31.2 Å². The molecule has 1 aromatic heterocycles. The highest BCUT2D eigenvalue weighted by molar-refractivity contribution is 5.93. The van der Waals surface area contributed by atoms with Crippen LogP contribution in [0.2, 0.25) is 0 Å². The third-order valence-corrected chi connectivity index (χ3v) is 5.13. The maximum Gasteiger partial charge on any atom is 0.272 e. The van der Waals surface area contributed by atoms with Gasteiger partial charge in [0.05, 0.1) is 0 Å². The molecule has 2 heterocycles. The van der Waals surface area contributed by atoms with Crippen molar-refractivity contribution in [3.05, 3.63) is 52.8 Å². The van der Waals surface area contributed by atoms with E-state index < -0.39 is 0 Å². The molecule has 1 N–H and O–H groups in total. The molecule has 2 aromatic rings. The van der Waals surface area contributed by atoms with Gasteiger partial charge < -0.3 is 10.2 Å². The third kappa shape index (κ3) is 4.21. The van der Waals surface area contributed by atoms with E-state index in [1.54, 1.807) is 6.07 Å². The Balaban J connectivity index is 1.76. The van der Waals surface area contributed by atoms with Crippen molar-refractivity contribution in [2.24, 2.45) is 0 Å². The van der Waals surface area contributed by atoms with Gasteiger partial charge in [0, 0.05) is 24.8 Å². The highest BCUT2D eigenvalue weighted by Crippen LogP contribution is 2.22. The van der Waals surface area contributed by atoms with E-state index in [1.807, 2.05) is 24.0 Å². The van der Waals surface area contributed by atoms with Crippen LogP contribution in [0.15, 0.2) is 30.3 Å². The van der Waals surface area contributed by atoms with Crippen LogP contribution < -0.4 is 5.32 Å². The van der Waals surface area contributed by atoms with Crippen molar-refractivity contribution in [3.63, 3.8) is 0 Å². The first-order chi connectivity index (χ1) is 12.6. The van der Waals surface area contributed by atoms with Crippen LogP contribution in [0.4, 0.5) is 5.95 Å². The van der Waals surface area contributed by atoms with Crippen molar-refractivity contribution < 1.29 is 4.79 Å². The number of hydrogen-bond acceptors (Lipinski definition) is 4. The molecule has 26 heavy (non-hydrogen) atoms. The average molecular weight is 352 g/mol. The van der Waals surface area contributed by atoms with Gasteiger partial charge in [0.15, 0.2) is 0 Å². The molecule has 1 aromatic carbocycles. The van der Waals surface area contributed by atoms with Crippen molar-refractivity contribution in [2.45, 2.75) is 59.0 Å². The summed E-state index contributed by atoms with van der Waals surface area (Å²) in [5.41, 5.74) is 3.72. The van der Waals surface area contributed by atoms with Gasteiger partial charge >= 0.3 is 0 Å². The molecule has 1 fully saturated rings. The second-order valence-electron chi connectivity index (χ2n) is 7.05. The summed E-state index contributed by atoms with van der Waals surface area (Å²) < 4.78 is 0. The van der Waals surface area contributed by atoms with E-state index in [9.17, 15) is 4.79 Å². The second kappa shape index (κ2) is 8.30. The lowest BCUT2D eigenvalue weighted by Crippen LogP contribution is -2.43. The van der Waals surface area contributed by atoms with E-state index in [0.29, 0.717) is 24.2 Å². The van der Waals surface area contributed by atoms with Crippen molar-refractivity contribution >= 4 is 11.9 Å². The number of carbonyl (C=O) groups excluding carboxylic acids is 1. The van der Waals surface area contributed by atoms with Crippen molar-refractivity contribution in [3.8, 4) is 0 Å². The van der Waals surface area contributed by atoms with Crippen LogP contribution in [0.3, 0.4) is 0 Å². The van der Waals surface area contributed by atoms with Crippen molar-refractivity contribution in [2.75, 3.05) is 11.9 Å². The van der Waals surface area contributed by atoms with Crippen LogP contribution in [-0.2, 0) is 6.54 Å². The highest BCUT2D eigenvalue weighted by atomic mass is 16.2. The fourth-order valence-electron chi connectivity index (χ4n) is 3.58. The van der Waals surface area contributed by atoms with E-state index in [0.717, 1.165) is 31.5 Å². The predicted octanol–water partition coefficient (Wildman–Crippen LogP) is 4.11. The lowest BCUT2D eigenvalue weighted by molar-refractivity contribution is 0.0602. The van der Waals surface area contributed by atoms with Crippen LogP contribution in [-0.4, -0.2) is 33.4 Å². The SMILES string of the molecule is CCC1CCCCN1C(=O)c1cc(C)nc(NCc2ccccc2C)n1. The number of aryl methyl sites for hydroxylation is 2. The van der Waals surface area contributed by atoms with Gasteiger partial charge in [-0.05, 0) is 56.7 Å². The molecule has 1 amide bonds. The lowest BCUT2D eigenvalue weighted by Gasteiger charge is -2.35. The van der Waals surface area contributed by atoms with E-state index in [4.69, 9.17) is 0 Å². The fourth-order valence-corrected chi connectivity index (χ4v) is 3.58. The molecule has 1 aliphatic heterocycles. The molecule has 1 saturated heterocycles. The number of likely N-dealkylation sites (tertiary alicyclic amines) is 1. The first-order valence-corrected chi connectivity index (χ1v) is 9.53. The van der Waals surface area contributed by atoms with E-state index in [-0.39, 0.29) is 5.91 Å². The van der Waals surface area contributed by atoms with Gasteiger partial charge in [-0.25, -0.2) is 9.97 Å². The normalized spacial score (nSPS) is 17.2. The topological polar surface area (TPSA) is 58.1 Å². The Labute approximate surface area is 155 Å². The molecule has 1 aliphatic rings. The average Bonchev–Trinajstić information content (AvgIpc) is 2.66. The summed E-state index contributed by atoms with van der Waals surface area (Å²) in [6.07, 6.45) is 4.36. The Hall–Kier alpha value is -2.43. The Morgan fingerprint density at radius 2 is 2.04 bits per heavy atom. The number of aromatic nitrogens is 2. The maximum atomic E-state index is 13.0. The number of nitrogens with one attached hydrogen (secondary N) is 1. The first kappa shape index (κ1) is 18.4. The van der Waals surface area contributed by atoms with E-state index >= 15 is 0 Å². The standard InChI is InChI=1S/C21H28N4O/c1-4-18-11-7-8-12-25(18)20(26)19-13-16(3)23-21(24-19)22-14-17-10-6-5-9-15(17)2/h5-6,9-10,13,18H,4,7-8,11-12,14H2,1-3H3,(H,22,23,24). The molecule has 3 rings (SSSR count). The first-order valence-electron chi connectivity index (χ1n) is 9.53. The number of carbonyl (C=O) groups is 1. The molecule has 138 valence electrons. The largest absolute Gasteiger partial charge is 0.350 e. The molecule has 5 heteroatoms. The minimum Gasteiger partial charge on any atom is -0.350 e. The van der Waals surface area contributed by atoms with E-state index in [1.165, 1.54) is 17.5 Å². The molecule has 0 spiro atoms. The van der Waals surface area contributed by atoms with Gasteiger partial charge in [0.25, 0.3) is 5.91 Å². The summed E-state index contributed by atoms with van der Waals surface area (Å²) in [5.74, 6) is 0.544. The smallest absolute Gasteiger partial charge is 0.272 e. The van der Waals surface area contributed by atoms with Gasteiger partial charge in [-0.15, -0.1) is 0 Å². The Morgan fingerprint density at radius 3 is 2.81 bits per heavy atom. The van der Waals surface area contributed by atoms with Gasteiger partial charge in [0.1, 0.15) is 5.69 Å². The molecule has 0 aliphatic carbocycles. The zero-order valence-corrected chi connectivity index (χ0v) is 16.0. The van der Waals surface area contributed by atoms with Crippen LogP contribution in [0.1, 0.15) is 59.9 Å². The number of benzene rings is 1. The summed E-state index contributed by atoms with van der Waals surface area (Å²) in [6.45, 7) is 7.61. The summed E-state index contributed by atoms with van der Waals surface area (Å²) >= 11 is 0. The number of nitrogens with zero attached hydrogens (tertiary/aromatic N) is 3. The number of anilines is 1. The maximum absolute atomic E-state index is 13.0. The van der Waals surface area contributed by atoms with Crippen LogP contribution in [0.5, 0.6) is 0 Å². The Bertz CT molecular complexity index is 774. The number of piperidine rings is 1. The summed E-state index contributed by atoms with van der Waals surface area (Å²) in [4.78, 5) is 24.0. The highest BCUT2D eigenvalue weighted by Gasteiger charge is 2.27. The van der Waals surface area contributed by atoms with Gasteiger partial charge in [0.2, 0.25) is 5.95 Å². The fraction of sp³-hybridized carbons (Fsp3) is 0.476. The molecular formula is C21H28N4O. The van der Waals surface area contributed by atoms with Crippen LogP contribution >= 0.6 is 0 Å². The minimum atomic E-state index is 0.0287. The van der Waals surface area contributed by atoms with Crippen LogP contribution in [0.25, 0.3) is 0 Å². The zero-order valence-electron chi connectivity index (χ0n) is 16.0. The Kier molecular flexibility index (Phi) is 5.86. The second-order valence-corrected chi connectivity index (χ2v) is 7.05. The molecular weight excluding hydrogens is 324 g/mol. The quantitative estimate of drug-likeness (QED) is 0.880. The minimum absolute atomic E-state index is 0.0287. The number of amides is 1. The zero-order chi connectivity index (χ0) is 18.5. The molecule has 0 saturated carbocycles. The van der Waals surface area contributed by atoms with E-state index in [2.05, 4.69) is 41.3 Å². The molecule has 1 atom stereocenters. The number of rotatable bonds is 5. The van der Waals surface area contributed by atoms with Crippen molar-refractivity contribution in [1.82, 2.24) is 14.9 Å². The monoisotopic (exact) mass is 352 g/mol. The number of hydrogen-bond donors (Lipinski definition) is 1. The Morgan fingerprint density at radius 1 is 1.23 bits per heavy atom. The molecule has 1 unspecified atom stereocenters. The molecule has 0 radical (unpaired) electrons. The summed E-state index contributed by atoms with van der Waals surface area (Å²) in [7, 11) is 0. The summed E-state index contributed by atoms with van der Waals surface area (Å²) in [6, 6.07) is 10.4. The molecule has 0 bridgehead atoms. The predicted molar refractivity (Wildman–Crippen MR) is 104 cm³/mol. The molecule has 5 nitrogen and oxygen atoms in total.